The van der Waals surface area contributed by atoms with Gasteiger partial charge in [0.1, 0.15) is 43.6 Å². The standard InChI is InChI=1S/C20H31N5O5/c1-19(2,3)18(28)29-8-12-13(26)14(27)17(30-12)25-10-23-15-16(25)22-9-24-20(15,21)11-6-4-5-7-11/h9,11-14,17,26-27H,4-8,10,21H2,1-3H3/t12-,13-,14-,17-,20?/m1/s1. The summed E-state index contributed by atoms with van der Waals surface area (Å²) in [5, 5.41) is 21.1. The average molecular weight is 421 g/mol. The molecule has 0 amide bonds. The molecule has 10 heteroatoms. The Morgan fingerprint density at radius 1 is 1.33 bits per heavy atom. The Balaban J connectivity index is 1.46. The van der Waals surface area contributed by atoms with Gasteiger partial charge in [0, 0.05) is 5.92 Å². The number of nitrogens with two attached hydrogens (primary N) is 1. The molecule has 166 valence electrons. The van der Waals surface area contributed by atoms with Gasteiger partial charge in [0.2, 0.25) is 0 Å². The highest BCUT2D eigenvalue weighted by Gasteiger charge is 2.53. The van der Waals surface area contributed by atoms with Crippen molar-refractivity contribution in [2.75, 3.05) is 13.3 Å². The van der Waals surface area contributed by atoms with Gasteiger partial charge in [-0.15, -0.1) is 0 Å². The van der Waals surface area contributed by atoms with Crippen LogP contribution in [0.1, 0.15) is 46.5 Å². The largest absolute Gasteiger partial charge is 0.462 e. The summed E-state index contributed by atoms with van der Waals surface area (Å²) in [5.74, 6) is 0.311. The SMILES string of the molecule is CC(C)(C)C(=O)OC[C@H]1O[C@@H](N2CN=C3C2=NC=NC3(N)C2CCCC2)[C@H](O)[C@@H]1O. The summed E-state index contributed by atoms with van der Waals surface area (Å²) in [5.41, 5.74) is 5.69. The number of fused-ring (bicyclic) bond motifs is 1. The number of nitrogens with zero attached hydrogens (tertiary/aromatic N) is 4. The lowest BCUT2D eigenvalue weighted by Gasteiger charge is -2.35. The molecule has 0 spiro atoms. The fourth-order valence-electron chi connectivity index (χ4n) is 4.47. The van der Waals surface area contributed by atoms with Crippen molar-refractivity contribution in [3.05, 3.63) is 0 Å². The smallest absolute Gasteiger partial charge is 0.311 e. The Bertz CT molecular complexity index is 785. The van der Waals surface area contributed by atoms with Crippen LogP contribution in [0.25, 0.3) is 0 Å². The number of rotatable bonds is 4. The van der Waals surface area contributed by atoms with Crippen molar-refractivity contribution in [2.24, 2.45) is 32.0 Å². The van der Waals surface area contributed by atoms with Crippen LogP contribution in [-0.2, 0) is 14.3 Å². The molecule has 30 heavy (non-hydrogen) atoms. The molecule has 4 N–H and O–H groups in total. The van der Waals surface area contributed by atoms with Crippen LogP contribution in [0, 0.1) is 11.3 Å². The maximum atomic E-state index is 12.0. The van der Waals surface area contributed by atoms with E-state index in [2.05, 4.69) is 15.0 Å². The molecule has 0 aromatic heterocycles. The number of amidine groups is 1. The Morgan fingerprint density at radius 3 is 2.70 bits per heavy atom. The molecule has 1 saturated heterocycles. The Hall–Kier alpha value is -1.88. The fourth-order valence-corrected chi connectivity index (χ4v) is 4.47. The Morgan fingerprint density at radius 2 is 2.03 bits per heavy atom. The zero-order chi connectivity index (χ0) is 21.7. The van der Waals surface area contributed by atoms with Gasteiger partial charge >= 0.3 is 5.97 Å². The first kappa shape index (κ1) is 21.4. The summed E-state index contributed by atoms with van der Waals surface area (Å²) in [6.07, 6.45) is 1.52. The van der Waals surface area contributed by atoms with Gasteiger partial charge in [0.15, 0.2) is 17.7 Å². The number of ether oxygens (including phenoxy) is 2. The van der Waals surface area contributed by atoms with Crippen molar-refractivity contribution in [2.45, 2.75) is 76.7 Å². The third kappa shape index (κ3) is 3.55. The van der Waals surface area contributed by atoms with E-state index in [1.807, 2.05) is 0 Å². The number of carbonyl (C=O) groups is 1. The summed E-state index contributed by atoms with van der Waals surface area (Å²) >= 11 is 0. The quantitative estimate of drug-likeness (QED) is 0.543. The lowest BCUT2D eigenvalue weighted by atomic mass is 9.86. The lowest BCUT2D eigenvalue weighted by Crippen LogP contribution is -2.58. The molecule has 0 bridgehead atoms. The highest BCUT2D eigenvalue weighted by Crippen LogP contribution is 2.38. The number of carbonyl (C=O) groups excluding carboxylic acids is 1. The van der Waals surface area contributed by atoms with Crippen LogP contribution in [0.15, 0.2) is 15.0 Å². The second kappa shape index (κ2) is 7.67. The van der Waals surface area contributed by atoms with E-state index in [1.165, 1.54) is 6.34 Å². The number of hydrogen-bond donors (Lipinski definition) is 3. The van der Waals surface area contributed by atoms with E-state index in [-0.39, 0.29) is 19.2 Å². The molecule has 3 aliphatic heterocycles. The third-order valence-corrected chi connectivity index (χ3v) is 6.31. The Kier molecular flexibility index (Phi) is 5.46. The number of hydrogen-bond acceptors (Lipinski definition) is 10. The minimum absolute atomic E-state index is 0.150. The zero-order valence-electron chi connectivity index (χ0n) is 17.7. The van der Waals surface area contributed by atoms with Gasteiger partial charge in [-0.2, -0.15) is 0 Å². The van der Waals surface area contributed by atoms with E-state index in [0.717, 1.165) is 25.7 Å². The van der Waals surface area contributed by atoms with Gasteiger partial charge in [-0.05, 0) is 33.6 Å². The number of esters is 1. The maximum absolute atomic E-state index is 12.0. The molecular weight excluding hydrogens is 390 g/mol. The van der Waals surface area contributed by atoms with Gasteiger partial charge in [-0.3, -0.25) is 9.79 Å². The van der Waals surface area contributed by atoms with Crippen molar-refractivity contribution in [3.63, 3.8) is 0 Å². The van der Waals surface area contributed by atoms with Crippen molar-refractivity contribution >= 4 is 23.9 Å². The first-order valence-electron chi connectivity index (χ1n) is 10.5. The first-order chi connectivity index (χ1) is 14.1. The minimum Gasteiger partial charge on any atom is -0.462 e. The summed E-state index contributed by atoms with van der Waals surface area (Å²) in [6.45, 7) is 5.28. The van der Waals surface area contributed by atoms with Crippen LogP contribution >= 0.6 is 0 Å². The maximum Gasteiger partial charge on any atom is 0.311 e. The highest BCUT2D eigenvalue weighted by atomic mass is 16.6. The second-order valence-corrected chi connectivity index (χ2v) is 9.52. The molecule has 2 fully saturated rings. The van der Waals surface area contributed by atoms with Crippen LogP contribution in [0.2, 0.25) is 0 Å². The van der Waals surface area contributed by atoms with Crippen LogP contribution < -0.4 is 5.73 Å². The monoisotopic (exact) mass is 421 g/mol. The molecule has 1 saturated carbocycles. The predicted molar refractivity (Wildman–Crippen MR) is 110 cm³/mol. The molecule has 0 radical (unpaired) electrons. The molecule has 4 aliphatic rings. The van der Waals surface area contributed by atoms with Gasteiger partial charge in [-0.25, -0.2) is 9.98 Å². The van der Waals surface area contributed by atoms with Gasteiger partial charge in [0.05, 0.1) is 5.41 Å². The molecule has 0 aromatic carbocycles. The van der Waals surface area contributed by atoms with E-state index in [0.29, 0.717) is 11.5 Å². The third-order valence-electron chi connectivity index (χ3n) is 6.31. The number of aliphatic hydroxyl groups is 2. The Labute approximate surface area is 175 Å². The molecule has 0 aromatic rings. The second-order valence-electron chi connectivity index (χ2n) is 9.52. The molecule has 1 aliphatic carbocycles. The van der Waals surface area contributed by atoms with Crippen molar-refractivity contribution in [1.82, 2.24) is 4.90 Å². The zero-order valence-corrected chi connectivity index (χ0v) is 17.7. The van der Waals surface area contributed by atoms with E-state index in [4.69, 9.17) is 15.2 Å². The van der Waals surface area contributed by atoms with Crippen LogP contribution in [0.4, 0.5) is 0 Å². The van der Waals surface area contributed by atoms with E-state index >= 15 is 0 Å². The van der Waals surface area contributed by atoms with Crippen LogP contribution in [-0.4, -0.2) is 82.4 Å². The topological polar surface area (TPSA) is 142 Å². The van der Waals surface area contributed by atoms with Crippen LogP contribution in [0.5, 0.6) is 0 Å². The van der Waals surface area contributed by atoms with E-state index in [1.54, 1.807) is 25.7 Å². The van der Waals surface area contributed by atoms with Gasteiger partial charge < -0.3 is 30.3 Å². The summed E-state index contributed by atoms with van der Waals surface area (Å²) in [6, 6.07) is 0. The summed E-state index contributed by atoms with van der Waals surface area (Å²) < 4.78 is 11.2. The number of aliphatic hydroxyl groups excluding tert-OH is 2. The molecular formula is C20H31N5O5. The number of aliphatic imine (C=N–C) groups is 3. The highest BCUT2D eigenvalue weighted by molar-refractivity contribution is 6.47. The van der Waals surface area contributed by atoms with Crippen molar-refractivity contribution in [1.29, 1.82) is 0 Å². The summed E-state index contributed by atoms with van der Waals surface area (Å²) in [4.78, 5) is 27.1. The fraction of sp³-hybridized carbons (Fsp3) is 0.800. The molecule has 4 rings (SSSR count). The van der Waals surface area contributed by atoms with Crippen LogP contribution in [0.3, 0.4) is 0 Å². The van der Waals surface area contributed by atoms with Gasteiger partial charge in [0.25, 0.3) is 0 Å². The minimum atomic E-state index is -1.21. The molecule has 10 nitrogen and oxygen atoms in total. The van der Waals surface area contributed by atoms with E-state index in [9.17, 15) is 15.0 Å². The first-order valence-corrected chi connectivity index (χ1v) is 10.5. The van der Waals surface area contributed by atoms with E-state index < -0.39 is 41.6 Å². The molecule has 3 heterocycles. The van der Waals surface area contributed by atoms with Crippen molar-refractivity contribution in [3.8, 4) is 0 Å². The molecule has 1 unspecified atom stereocenters. The van der Waals surface area contributed by atoms with Gasteiger partial charge in [-0.1, -0.05) is 12.8 Å². The average Bonchev–Trinajstić information content (AvgIpc) is 3.41. The predicted octanol–water partition coefficient (Wildman–Crippen LogP) is 0.0221. The van der Waals surface area contributed by atoms with Crippen molar-refractivity contribution < 1.29 is 24.5 Å². The lowest BCUT2D eigenvalue weighted by molar-refractivity contribution is -0.159. The molecule has 5 atom stereocenters. The normalized spacial score (nSPS) is 36.7. The summed E-state index contributed by atoms with van der Waals surface area (Å²) in [7, 11) is 0.